The lowest BCUT2D eigenvalue weighted by molar-refractivity contribution is 0.0697. The van der Waals surface area contributed by atoms with E-state index in [9.17, 15) is 18.3 Å². The smallest absolute Gasteiger partial charge is 0.337 e. The van der Waals surface area contributed by atoms with E-state index < -0.39 is 16.0 Å². The normalized spacial score (nSPS) is 15.8. The lowest BCUT2D eigenvalue weighted by atomic mass is 10.1. The predicted molar refractivity (Wildman–Crippen MR) is 93.9 cm³/mol. The fourth-order valence-electron chi connectivity index (χ4n) is 2.85. The highest BCUT2D eigenvalue weighted by Gasteiger charge is 2.24. The quantitative estimate of drug-likeness (QED) is 0.667. The van der Waals surface area contributed by atoms with Gasteiger partial charge in [0.25, 0.3) is 0 Å². The first-order valence-corrected chi connectivity index (χ1v) is 9.91. The summed E-state index contributed by atoms with van der Waals surface area (Å²) in [5.74, 6) is -0.638. The minimum atomic E-state index is -3.69. The molecule has 0 bridgehead atoms. The summed E-state index contributed by atoms with van der Waals surface area (Å²) in [5, 5.41) is 12.5. The number of anilines is 1. The summed E-state index contributed by atoms with van der Waals surface area (Å²) in [6.45, 7) is 4.82. The molecular weight excluding hydrogens is 328 g/mol. The molecule has 0 aliphatic heterocycles. The van der Waals surface area contributed by atoms with Gasteiger partial charge in [0.05, 0.1) is 10.5 Å². The van der Waals surface area contributed by atoms with Crippen LogP contribution in [-0.2, 0) is 10.0 Å². The summed E-state index contributed by atoms with van der Waals surface area (Å²) >= 11 is 0. The molecule has 24 heavy (non-hydrogen) atoms. The average molecular weight is 354 g/mol. The Labute approximate surface area is 143 Å². The Balaban J connectivity index is 2.19. The predicted octanol–water partition coefficient (Wildman–Crippen LogP) is 3.06. The van der Waals surface area contributed by atoms with E-state index in [2.05, 4.69) is 23.9 Å². The van der Waals surface area contributed by atoms with Crippen LogP contribution >= 0.6 is 0 Å². The van der Waals surface area contributed by atoms with Crippen molar-refractivity contribution in [2.45, 2.75) is 56.9 Å². The van der Waals surface area contributed by atoms with Gasteiger partial charge >= 0.3 is 5.97 Å². The Bertz CT molecular complexity index is 680. The van der Waals surface area contributed by atoms with Crippen LogP contribution in [0.4, 0.5) is 5.69 Å². The number of aromatic carboxylic acids is 1. The number of benzene rings is 1. The Morgan fingerprint density at radius 2 is 1.96 bits per heavy atom. The van der Waals surface area contributed by atoms with Crippen LogP contribution in [0.15, 0.2) is 23.1 Å². The molecule has 1 aliphatic rings. The van der Waals surface area contributed by atoms with Crippen molar-refractivity contribution in [3.05, 3.63) is 23.8 Å². The molecule has 2 rings (SSSR count). The molecule has 0 saturated heterocycles. The molecule has 0 amide bonds. The monoisotopic (exact) mass is 354 g/mol. The van der Waals surface area contributed by atoms with Crippen molar-refractivity contribution < 1.29 is 18.3 Å². The molecule has 7 heteroatoms. The Morgan fingerprint density at radius 1 is 1.29 bits per heavy atom. The lowest BCUT2D eigenvalue weighted by Crippen LogP contribution is -2.32. The van der Waals surface area contributed by atoms with Gasteiger partial charge in [-0.1, -0.05) is 26.7 Å². The molecule has 1 saturated carbocycles. The van der Waals surface area contributed by atoms with E-state index in [-0.39, 0.29) is 16.5 Å². The molecule has 6 nitrogen and oxygen atoms in total. The van der Waals surface area contributed by atoms with Gasteiger partial charge in [0.15, 0.2) is 0 Å². The molecule has 0 radical (unpaired) electrons. The van der Waals surface area contributed by atoms with Gasteiger partial charge in [0, 0.05) is 18.3 Å². The summed E-state index contributed by atoms with van der Waals surface area (Å²) in [6, 6.07) is 4.18. The number of carboxylic acids is 1. The number of hydrogen-bond acceptors (Lipinski definition) is 4. The number of hydrogen-bond donors (Lipinski definition) is 3. The largest absolute Gasteiger partial charge is 0.478 e. The van der Waals surface area contributed by atoms with Gasteiger partial charge in [-0.3, -0.25) is 0 Å². The number of nitrogens with one attached hydrogen (secondary N) is 2. The average Bonchev–Trinajstić information content (AvgIpc) is 2.99. The molecule has 3 N–H and O–H groups in total. The third kappa shape index (κ3) is 4.95. The van der Waals surface area contributed by atoms with Gasteiger partial charge in [0.1, 0.15) is 0 Å². The number of carbonyl (C=O) groups is 1. The van der Waals surface area contributed by atoms with Crippen LogP contribution in [0.5, 0.6) is 0 Å². The SMILES string of the molecule is CC(C)CCNc1ccc(S(=O)(=O)NC2CCCC2)cc1C(=O)O. The van der Waals surface area contributed by atoms with Crippen molar-refractivity contribution >= 4 is 21.7 Å². The molecule has 0 atom stereocenters. The molecule has 1 aliphatic carbocycles. The Kier molecular flexibility index (Phi) is 6.23. The highest BCUT2D eigenvalue weighted by Crippen LogP contribution is 2.24. The first kappa shape index (κ1) is 18.7. The van der Waals surface area contributed by atoms with E-state index >= 15 is 0 Å². The fourth-order valence-corrected chi connectivity index (χ4v) is 4.18. The van der Waals surface area contributed by atoms with Gasteiger partial charge in [-0.05, 0) is 43.4 Å². The van der Waals surface area contributed by atoms with Gasteiger partial charge < -0.3 is 10.4 Å². The van der Waals surface area contributed by atoms with Crippen molar-refractivity contribution in [3.8, 4) is 0 Å². The third-order valence-corrected chi connectivity index (χ3v) is 5.76. The molecule has 0 unspecified atom stereocenters. The van der Waals surface area contributed by atoms with Crippen LogP contribution in [0.25, 0.3) is 0 Å². The van der Waals surface area contributed by atoms with Gasteiger partial charge in [-0.25, -0.2) is 17.9 Å². The van der Waals surface area contributed by atoms with Crippen molar-refractivity contribution in [3.63, 3.8) is 0 Å². The Hall–Kier alpha value is -1.60. The van der Waals surface area contributed by atoms with Crippen LogP contribution in [-0.4, -0.2) is 32.1 Å². The first-order chi connectivity index (χ1) is 11.3. The minimum Gasteiger partial charge on any atom is -0.478 e. The van der Waals surface area contributed by atoms with E-state index in [1.807, 2.05) is 0 Å². The van der Waals surface area contributed by atoms with E-state index in [4.69, 9.17) is 0 Å². The third-order valence-electron chi connectivity index (χ3n) is 4.25. The van der Waals surface area contributed by atoms with Crippen molar-refractivity contribution in [2.75, 3.05) is 11.9 Å². The fraction of sp³-hybridized carbons (Fsp3) is 0.588. The van der Waals surface area contributed by atoms with Crippen molar-refractivity contribution in [1.29, 1.82) is 0 Å². The number of sulfonamides is 1. The molecule has 1 fully saturated rings. The van der Waals surface area contributed by atoms with Gasteiger partial charge in [0.2, 0.25) is 10.0 Å². The molecule has 134 valence electrons. The van der Waals surface area contributed by atoms with Crippen molar-refractivity contribution in [2.24, 2.45) is 5.92 Å². The molecular formula is C17H26N2O4S. The maximum Gasteiger partial charge on any atom is 0.337 e. The molecule has 0 heterocycles. The molecule has 0 spiro atoms. The highest BCUT2D eigenvalue weighted by molar-refractivity contribution is 7.89. The van der Waals surface area contributed by atoms with E-state index in [0.717, 1.165) is 32.1 Å². The lowest BCUT2D eigenvalue weighted by Gasteiger charge is -2.15. The first-order valence-electron chi connectivity index (χ1n) is 8.43. The number of carboxylic acid groups (broad SMARTS) is 1. The van der Waals surface area contributed by atoms with Crippen LogP contribution < -0.4 is 10.0 Å². The zero-order chi connectivity index (χ0) is 17.7. The summed E-state index contributed by atoms with van der Waals surface area (Å²) in [4.78, 5) is 11.5. The highest BCUT2D eigenvalue weighted by atomic mass is 32.2. The van der Waals surface area contributed by atoms with Crippen LogP contribution in [0, 0.1) is 5.92 Å². The van der Waals surface area contributed by atoms with Crippen LogP contribution in [0.3, 0.4) is 0 Å². The van der Waals surface area contributed by atoms with Crippen LogP contribution in [0.1, 0.15) is 56.3 Å². The summed E-state index contributed by atoms with van der Waals surface area (Å²) in [5.41, 5.74) is 0.427. The molecule has 1 aromatic carbocycles. The Morgan fingerprint density at radius 3 is 2.54 bits per heavy atom. The second-order valence-corrected chi connectivity index (χ2v) is 8.44. The summed E-state index contributed by atoms with van der Waals surface area (Å²) in [7, 11) is -3.69. The minimum absolute atomic E-state index is 0.00112. The van der Waals surface area contributed by atoms with Gasteiger partial charge in [-0.15, -0.1) is 0 Å². The topological polar surface area (TPSA) is 95.5 Å². The maximum absolute atomic E-state index is 12.5. The zero-order valence-corrected chi connectivity index (χ0v) is 15.0. The standard InChI is InChI=1S/C17H26N2O4S/c1-12(2)9-10-18-16-8-7-14(11-15(16)17(20)21)24(22,23)19-13-5-3-4-6-13/h7-8,11-13,18-19H,3-6,9-10H2,1-2H3,(H,20,21). The zero-order valence-electron chi connectivity index (χ0n) is 14.2. The van der Waals surface area contributed by atoms with E-state index in [0.29, 0.717) is 18.2 Å². The molecule has 1 aromatic rings. The maximum atomic E-state index is 12.5. The summed E-state index contributed by atoms with van der Waals surface area (Å²) in [6.07, 6.45) is 4.61. The molecule has 0 aromatic heterocycles. The van der Waals surface area contributed by atoms with Crippen LogP contribution in [0.2, 0.25) is 0 Å². The summed E-state index contributed by atoms with van der Waals surface area (Å²) < 4.78 is 27.6. The van der Waals surface area contributed by atoms with E-state index in [1.165, 1.54) is 18.2 Å². The van der Waals surface area contributed by atoms with Crippen molar-refractivity contribution in [1.82, 2.24) is 4.72 Å². The second kappa shape index (κ2) is 7.98. The van der Waals surface area contributed by atoms with E-state index in [1.54, 1.807) is 0 Å². The second-order valence-electron chi connectivity index (χ2n) is 6.72. The van der Waals surface area contributed by atoms with Gasteiger partial charge in [-0.2, -0.15) is 0 Å². The number of rotatable bonds is 8.